The molecule has 1 aromatic carbocycles. The maximum Gasteiger partial charge on any atom is 0.389 e. The molecule has 1 aromatic rings. The van der Waals surface area contributed by atoms with Crippen LogP contribution in [0.15, 0.2) is 18.2 Å². The van der Waals surface area contributed by atoms with Crippen molar-refractivity contribution < 1.29 is 22.0 Å². The van der Waals surface area contributed by atoms with Gasteiger partial charge in [-0.15, -0.1) is 0 Å². The second kappa shape index (κ2) is 6.13. The zero-order valence-corrected chi connectivity index (χ0v) is 9.82. The molecule has 0 spiro atoms. The van der Waals surface area contributed by atoms with E-state index in [2.05, 4.69) is 5.32 Å². The number of rotatable bonds is 5. The molecule has 1 atom stereocenters. The van der Waals surface area contributed by atoms with Crippen LogP contribution in [0.3, 0.4) is 0 Å². The van der Waals surface area contributed by atoms with E-state index in [0.29, 0.717) is 5.56 Å². The number of benzene rings is 1. The van der Waals surface area contributed by atoms with Crippen LogP contribution in [0, 0.1) is 11.6 Å². The number of hydrogen-bond acceptors (Lipinski definition) is 1. The first-order valence-electron chi connectivity index (χ1n) is 5.54. The van der Waals surface area contributed by atoms with E-state index in [1.54, 1.807) is 6.92 Å². The summed E-state index contributed by atoms with van der Waals surface area (Å²) in [7, 11) is 0. The van der Waals surface area contributed by atoms with Crippen LogP contribution in [0.4, 0.5) is 22.0 Å². The Labute approximate surface area is 102 Å². The highest BCUT2D eigenvalue weighted by molar-refractivity contribution is 5.20. The van der Waals surface area contributed by atoms with Crippen molar-refractivity contribution >= 4 is 0 Å². The molecule has 0 saturated carbocycles. The molecular weight excluding hydrogens is 253 g/mol. The molecule has 1 rings (SSSR count). The zero-order valence-electron chi connectivity index (χ0n) is 9.82. The lowest BCUT2D eigenvalue weighted by Crippen LogP contribution is -2.21. The number of nitrogens with one attached hydrogen (secondary N) is 1. The summed E-state index contributed by atoms with van der Waals surface area (Å²) in [6.07, 6.45) is -5.11. The van der Waals surface area contributed by atoms with E-state index >= 15 is 0 Å². The largest absolute Gasteiger partial charge is 0.389 e. The van der Waals surface area contributed by atoms with Gasteiger partial charge in [0, 0.05) is 18.5 Å². The summed E-state index contributed by atoms with van der Waals surface area (Å²) >= 11 is 0. The lowest BCUT2D eigenvalue weighted by atomic mass is 10.1. The molecule has 1 N–H and O–H groups in total. The molecule has 0 heterocycles. The quantitative estimate of drug-likeness (QED) is 0.629. The first kappa shape index (κ1) is 14.9. The fourth-order valence-electron chi connectivity index (χ4n) is 1.55. The average molecular weight is 267 g/mol. The Hall–Kier alpha value is -1.17. The van der Waals surface area contributed by atoms with Gasteiger partial charge in [-0.1, -0.05) is 0 Å². The van der Waals surface area contributed by atoms with Crippen molar-refractivity contribution in [3.05, 3.63) is 35.4 Å². The molecule has 102 valence electrons. The molecule has 0 aliphatic carbocycles. The molecule has 1 nitrogen and oxygen atoms in total. The molecule has 0 aromatic heterocycles. The van der Waals surface area contributed by atoms with Gasteiger partial charge in [0.15, 0.2) is 0 Å². The number of hydrogen-bond donors (Lipinski definition) is 1. The third-order valence-electron chi connectivity index (χ3n) is 2.47. The lowest BCUT2D eigenvalue weighted by Gasteiger charge is -2.15. The molecule has 0 bridgehead atoms. The van der Waals surface area contributed by atoms with Crippen LogP contribution in [0.1, 0.15) is 31.4 Å². The Balaban J connectivity index is 2.43. The Morgan fingerprint density at radius 1 is 1.11 bits per heavy atom. The first-order valence-corrected chi connectivity index (χ1v) is 5.54. The Morgan fingerprint density at radius 3 is 2.17 bits per heavy atom. The van der Waals surface area contributed by atoms with Crippen molar-refractivity contribution in [2.45, 2.75) is 32.0 Å². The molecule has 0 radical (unpaired) electrons. The van der Waals surface area contributed by atoms with Crippen molar-refractivity contribution in [2.75, 3.05) is 6.54 Å². The van der Waals surface area contributed by atoms with E-state index in [1.165, 1.54) is 0 Å². The van der Waals surface area contributed by atoms with Gasteiger partial charge in [0.25, 0.3) is 0 Å². The molecule has 1 unspecified atom stereocenters. The second-order valence-corrected chi connectivity index (χ2v) is 4.10. The van der Waals surface area contributed by atoms with E-state index in [-0.39, 0.29) is 13.0 Å². The first-order chi connectivity index (χ1) is 8.28. The third kappa shape index (κ3) is 5.44. The summed E-state index contributed by atoms with van der Waals surface area (Å²) in [6, 6.07) is 2.66. The Bertz CT molecular complexity index is 368. The summed E-state index contributed by atoms with van der Waals surface area (Å²) in [5.74, 6) is -1.40. The third-order valence-corrected chi connectivity index (χ3v) is 2.47. The predicted molar refractivity (Wildman–Crippen MR) is 58.1 cm³/mol. The summed E-state index contributed by atoms with van der Waals surface area (Å²) < 4.78 is 61.5. The standard InChI is InChI=1S/C12H14F5N/c1-8(18-4-2-3-12(15,16)17)9-5-10(13)7-11(14)6-9/h5-8,18H,2-4H2,1H3. The van der Waals surface area contributed by atoms with Crippen LogP contribution in [-0.2, 0) is 0 Å². The molecule has 18 heavy (non-hydrogen) atoms. The highest BCUT2D eigenvalue weighted by Gasteiger charge is 2.25. The average Bonchev–Trinajstić information content (AvgIpc) is 2.21. The van der Waals surface area contributed by atoms with Crippen molar-refractivity contribution in [3.8, 4) is 0 Å². The van der Waals surface area contributed by atoms with Gasteiger partial charge in [-0.05, 0) is 37.6 Å². The summed E-state index contributed by atoms with van der Waals surface area (Å²) in [6.45, 7) is 1.78. The zero-order chi connectivity index (χ0) is 13.8. The maximum atomic E-state index is 12.9. The van der Waals surface area contributed by atoms with Gasteiger partial charge in [0.05, 0.1) is 0 Å². The summed E-state index contributed by atoms with van der Waals surface area (Å²) in [4.78, 5) is 0. The molecule has 0 amide bonds. The van der Waals surface area contributed by atoms with Gasteiger partial charge in [0.1, 0.15) is 11.6 Å². The van der Waals surface area contributed by atoms with Crippen LogP contribution in [0.2, 0.25) is 0 Å². The number of halogens is 5. The van der Waals surface area contributed by atoms with Crippen LogP contribution in [-0.4, -0.2) is 12.7 Å². The fourth-order valence-corrected chi connectivity index (χ4v) is 1.55. The van der Waals surface area contributed by atoms with Crippen LogP contribution in [0.25, 0.3) is 0 Å². The Kier molecular flexibility index (Phi) is 5.07. The van der Waals surface area contributed by atoms with Crippen LogP contribution >= 0.6 is 0 Å². The van der Waals surface area contributed by atoms with E-state index < -0.39 is 30.3 Å². The lowest BCUT2D eigenvalue weighted by molar-refractivity contribution is -0.135. The summed E-state index contributed by atoms with van der Waals surface area (Å²) in [5, 5.41) is 2.79. The van der Waals surface area contributed by atoms with Gasteiger partial charge in [-0.2, -0.15) is 13.2 Å². The normalized spacial score (nSPS) is 13.7. The predicted octanol–water partition coefficient (Wildman–Crippen LogP) is 3.96. The van der Waals surface area contributed by atoms with E-state index in [1.807, 2.05) is 0 Å². The fraction of sp³-hybridized carbons (Fsp3) is 0.500. The minimum absolute atomic E-state index is 0.0639. The maximum absolute atomic E-state index is 12.9. The van der Waals surface area contributed by atoms with Crippen molar-refractivity contribution in [3.63, 3.8) is 0 Å². The van der Waals surface area contributed by atoms with Gasteiger partial charge >= 0.3 is 6.18 Å². The highest BCUT2D eigenvalue weighted by atomic mass is 19.4. The van der Waals surface area contributed by atoms with Gasteiger partial charge in [-0.25, -0.2) is 8.78 Å². The van der Waals surface area contributed by atoms with Gasteiger partial charge < -0.3 is 5.32 Å². The number of alkyl halides is 3. The van der Waals surface area contributed by atoms with Crippen LogP contribution < -0.4 is 5.32 Å². The van der Waals surface area contributed by atoms with E-state index in [9.17, 15) is 22.0 Å². The minimum atomic E-state index is -4.17. The molecule has 6 heteroatoms. The van der Waals surface area contributed by atoms with Crippen LogP contribution in [0.5, 0.6) is 0 Å². The highest BCUT2D eigenvalue weighted by Crippen LogP contribution is 2.21. The van der Waals surface area contributed by atoms with Crippen molar-refractivity contribution in [1.82, 2.24) is 5.32 Å². The van der Waals surface area contributed by atoms with E-state index in [0.717, 1.165) is 18.2 Å². The molecule has 0 saturated heterocycles. The topological polar surface area (TPSA) is 12.0 Å². The van der Waals surface area contributed by atoms with Crippen molar-refractivity contribution in [2.24, 2.45) is 0 Å². The molecule has 0 fully saturated rings. The Morgan fingerprint density at radius 2 is 1.67 bits per heavy atom. The van der Waals surface area contributed by atoms with Gasteiger partial charge in [0.2, 0.25) is 0 Å². The molecule has 0 aliphatic heterocycles. The van der Waals surface area contributed by atoms with Crippen molar-refractivity contribution in [1.29, 1.82) is 0 Å². The monoisotopic (exact) mass is 267 g/mol. The SMILES string of the molecule is CC(NCCCC(F)(F)F)c1cc(F)cc(F)c1. The summed E-state index contributed by atoms with van der Waals surface area (Å²) in [5.41, 5.74) is 0.375. The second-order valence-electron chi connectivity index (χ2n) is 4.10. The molecule has 0 aliphatic rings. The van der Waals surface area contributed by atoms with Gasteiger partial charge in [-0.3, -0.25) is 0 Å². The smallest absolute Gasteiger partial charge is 0.310 e. The molecular formula is C12H14F5N. The van der Waals surface area contributed by atoms with E-state index in [4.69, 9.17) is 0 Å². The minimum Gasteiger partial charge on any atom is -0.310 e.